The summed E-state index contributed by atoms with van der Waals surface area (Å²) in [4.78, 5) is 7.10. The number of hydrogen-bond donors (Lipinski definition) is 1. The molecule has 0 saturated carbocycles. The van der Waals surface area contributed by atoms with Crippen molar-refractivity contribution in [1.82, 2.24) is 9.88 Å². The van der Waals surface area contributed by atoms with Gasteiger partial charge in [-0.15, -0.1) is 0 Å². The molecule has 2 fully saturated rings. The second-order valence-corrected chi connectivity index (χ2v) is 6.03. The van der Waals surface area contributed by atoms with Crippen molar-refractivity contribution < 1.29 is 4.42 Å². The highest BCUT2D eigenvalue weighted by atomic mass is 16.3. The number of aromatic nitrogens is 1. The van der Waals surface area contributed by atoms with Crippen LogP contribution < -0.4 is 5.32 Å². The second kappa shape index (κ2) is 4.77. The van der Waals surface area contributed by atoms with Crippen LogP contribution in [0.3, 0.4) is 0 Å². The fourth-order valence-electron chi connectivity index (χ4n) is 3.57. The number of rotatable bonds is 3. The molecule has 2 saturated heterocycles. The summed E-state index contributed by atoms with van der Waals surface area (Å²) < 4.78 is 5.67. The van der Waals surface area contributed by atoms with Gasteiger partial charge in [-0.25, -0.2) is 4.98 Å². The van der Waals surface area contributed by atoms with Gasteiger partial charge >= 0.3 is 0 Å². The van der Waals surface area contributed by atoms with Crippen LogP contribution in [0.4, 0.5) is 5.69 Å². The summed E-state index contributed by atoms with van der Waals surface area (Å²) >= 11 is 0. The number of fused-ring (bicyclic) bond motifs is 3. The molecule has 2 bridgehead atoms. The van der Waals surface area contributed by atoms with Crippen molar-refractivity contribution in [3.05, 3.63) is 24.1 Å². The zero-order valence-electron chi connectivity index (χ0n) is 11.9. The zero-order valence-corrected chi connectivity index (χ0v) is 11.9. The van der Waals surface area contributed by atoms with E-state index in [1.54, 1.807) is 0 Å². The Morgan fingerprint density at radius 2 is 2.25 bits per heavy atom. The fourth-order valence-corrected chi connectivity index (χ4v) is 3.57. The number of piperidine rings is 1. The molecule has 20 heavy (non-hydrogen) atoms. The molecule has 3 heterocycles. The molecule has 0 amide bonds. The van der Waals surface area contributed by atoms with Crippen LogP contribution >= 0.6 is 0 Å². The van der Waals surface area contributed by atoms with Gasteiger partial charge in [0.05, 0.1) is 0 Å². The molecule has 4 nitrogen and oxygen atoms in total. The van der Waals surface area contributed by atoms with Crippen molar-refractivity contribution in [2.75, 3.05) is 25.0 Å². The summed E-state index contributed by atoms with van der Waals surface area (Å²) in [5.41, 5.74) is 3.04. The molecule has 1 aromatic heterocycles. The number of nitrogens with one attached hydrogen (secondary N) is 1. The van der Waals surface area contributed by atoms with E-state index in [2.05, 4.69) is 34.3 Å². The number of anilines is 1. The van der Waals surface area contributed by atoms with Crippen molar-refractivity contribution in [2.45, 2.75) is 32.2 Å². The average molecular weight is 271 g/mol. The Balaban J connectivity index is 1.55. The first-order chi connectivity index (χ1) is 9.81. The largest absolute Gasteiger partial charge is 0.441 e. The van der Waals surface area contributed by atoms with Gasteiger partial charge in [0.2, 0.25) is 0 Å². The van der Waals surface area contributed by atoms with Crippen LogP contribution in [-0.2, 0) is 6.42 Å². The van der Waals surface area contributed by atoms with Crippen LogP contribution in [0, 0.1) is 5.92 Å². The quantitative estimate of drug-likeness (QED) is 0.932. The van der Waals surface area contributed by atoms with E-state index < -0.39 is 0 Å². The molecule has 1 aromatic carbocycles. The Labute approximate surface area is 119 Å². The molecule has 3 atom stereocenters. The minimum absolute atomic E-state index is 0.615. The fraction of sp³-hybridized carbons (Fsp3) is 0.562. The first-order valence-electron chi connectivity index (χ1n) is 7.70. The molecule has 2 aromatic rings. The Morgan fingerprint density at radius 1 is 1.35 bits per heavy atom. The van der Waals surface area contributed by atoms with Crippen molar-refractivity contribution in [1.29, 1.82) is 0 Å². The highest BCUT2D eigenvalue weighted by molar-refractivity contribution is 5.77. The van der Waals surface area contributed by atoms with Gasteiger partial charge in [-0.3, -0.25) is 0 Å². The third-order valence-corrected chi connectivity index (χ3v) is 4.72. The minimum atomic E-state index is 0.615. The van der Waals surface area contributed by atoms with E-state index in [0.29, 0.717) is 6.04 Å². The highest BCUT2D eigenvalue weighted by Crippen LogP contribution is 2.30. The van der Waals surface area contributed by atoms with E-state index in [-0.39, 0.29) is 0 Å². The van der Waals surface area contributed by atoms with Gasteiger partial charge in [0, 0.05) is 31.2 Å². The van der Waals surface area contributed by atoms with E-state index in [4.69, 9.17) is 4.42 Å². The maximum Gasteiger partial charge on any atom is 0.195 e. The van der Waals surface area contributed by atoms with Gasteiger partial charge in [0.25, 0.3) is 0 Å². The Morgan fingerprint density at radius 3 is 3.15 bits per heavy atom. The summed E-state index contributed by atoms with van der Waals surface area (Å²) in [6.45, 7) is 5.85. The number of aryl methyl sites for hydroxylation is 1. The van der Waals surface area contributed by atoms with Crippen LogP contribution in [-0.4, -0.2) is 35.6 Å². The summed E-state index contributed by atoms with van der Waals surface area (Å²) in [6.07, 6.45) is 3.43. The molecule has 106 valence electrons. The molecule has 1 N–H and O–H groups in total. The Hall–Kier alpha value is -1.55. The molecule has 2 aliphatic heterocycles. The molecule has 0 spiro atoms. The first kappa shape index (κ1) is 12.2. The highest BCUT2D eigenvalue weighted by Gasteiger charge is 2.34. The average Bonchev–Trinajstić information content (AvgIpc) is 3.05. The van der Waals surface area contributed by atoms with Gasteiger partial charge in [-0.1, -0.05) is 6.92 Å². The number of oxazole rings is 1. The topological polar surface area (TPSA) is 41.3 Å². The lowest BCUT2D eigenvalue weighted by Gasteiger charge is -2.31. The monoisotopic (exact) mass is 271 g/mol. The molecule has 4 heteroatoms. The van der Waals surface area contributed by atoms with Crippen molar-refractivity contribution in [3.63, 3.8) is 0 Å². The number of benzene rings is 1. The van der Waals surface area contributed by atoms with E-state index in [9.17, 15) is 0 Å². The third-order valence-electron chi connectivity index (χ3n) is 4.72. The lowest BCUT2D eigenvalue weighted by Crippen LogP contribution is -2.39. The second-order valence-electron chi connectivity index (χ2n) is 6.03. The van der Waals surface area contributed by atoms with Crippen LogP contribution in [0.25, 0.3) is 11.1 Å². The molecule has 0 radical (unpaired) electrons. The number of nitrogens with zero attached hydrogens (tertiary/aromatic N) is 2. The third kappa shape index (κ3) is 2.08. The van der Waals surface area contributed by atoms with Gasteiger partial charge in [-0.2, -0.15) is 0 Å². The maximum absolute atomic E-state index is 5.67. The van der Waals surface area contributed by atoms with Crippen LogP contribution in [0.15, 0.2) is 22.6 Å². The minimum Gasteiger partial charge on any atom is -0.441 e. The summed E-state index contributed by atoms with van der Waals surface area (Å²) in [6, 6.07) is 6.89. The Bertz CT molecular complexity index is 621. The lowest BCUT2D eigenvalue weighted by molar-refractivity contribution is 0.255. The molecule has 2 aliphatic rings. The predicted molar refractivity (Wildman–Crippen MR) is 80.0 cm³/mol. The van der Waals surface area contributed by atoms with Crippen molar-refractivity contribution in [2.24, 2.45) is 5.92 Å². The van der Waals surface area contributed by atoms with E-state index >= 15 is 0 Å². The standard InChI is InChI=1S/C16H21N3O/c1-2-16-18-14-9-12(3-4-15(14)20-16)17-13-6-8-19-7-5-11(13)10-19/h3-4,9,11,13,17H,2,5-8,10H2,1H3. The maximum atomic E-state index is 5.67. The lowest BCUT2D eigenvalue weighted by atomic mass is 9.94. The molecular formula is C16H21N3O. The first-order valence-corrected chi connectivity index (χ1v) is 7.70. The van der Waals surface area contributed by atoms with Gasteiger partial charge in [-0.05, 0) is 43.5 Å². The number of hydrogen-bond acceptors (Lipinski definition) is 4. The summed E-state index contributed by atoms with van der Waals surface area (Å²) in [5.74, 6) is 1.63. The summed E-state index contributed by atoms with van der Waals surface area (Å²) in [7, 11) is 0. The molecule has 0 aliphatic carbocycles. The van der Waals surface area contributed by atoms with Crippen molar-refractivity contribution >= 4 is 16.8 Å². The van der Waals surface area contributed by atoms with Crippen LogP contribution in [0.1, 0.15) is 25.7 Å². The smallest absolute Gasteiger partial charge is 0.195 e. The molecule has 3 unspecified atom stereocenters. The van der Waals surface area contributed by atoms with Crippen molar-refractivity contribution in [3.8, 4) is 0 Å². The van der Waals surface area contributed by atoms with Gasteiger partial charge in [0.15, 0.2) is 11.5 Å². The van der Waals surface area contributed by atoms with Crippen LogP contribution in [0.2, 0.25) is 0 Å². The van der Waals surface area contributed by atoms with E-state index in [1.807, 2.05) is 6.07 Å². The summed E-state index contributed by atoms with van der Waals surface area (Å²) in [5, 5.41) is 3.72. The molecular weight excluding hydrogens is 250 g/mol. The van der Waals surface area contributed by atoms with Gasteiger partial charge in [0.1, 0.15) is 5.52 Å². The zero-order chi connectivity index (χ0) is 13.5. The van der Waals surface area contributed by atoms with E-state index in [1.165, 1.54) is 38.2 Å². The SMILES string of the molecule is CCc1nc2cc(NC3CCN4CCC3C4)ccc2o1. The normalized spacial score (nSPS) is 28.9. The van der Waals surface area contributed by atoms with Gasteiger partial charge < -0.3 is 14.6 Å². The van der Waals surface area contributed by atoms with E-state index in [0.717, 1.165) is 29.3 Å². The Kier molecular flexibility index (Phi) is 2.91. The van der Waals surface area contributed by atoms with Crippen LogP contribution in [0.5, 0.6) is 0 Å². The molecule has 4 rings (SSSR count). The predicted octanol–water partition coefficient (Wildman–Crippen LogP) is 2.90.